The van der Waals surface area contributed by atoms with Crippen molar-refractivity contribution in [2.75, 3.05) is 11.9 Å². The summed E-state index contributed by atoms with van der Waals surface area (Å²) in [6.07, 6.45) is -2.34. The predicted octanol–water partition coefficient (Wildman–Crippen LogP) is 3.75. The van der Waals surface area contributed by atoms with Crippen LogP contribution in [0.25, 0.3) is 0 Å². The minimum Gasteiger partial charge on any atom is -0.390 e. The molecular formula is C15H15F3N2O. The number of alkyl halides is 3. The summed E-state index contributed by atoms with van der Waals surface area (Å²) in [7, 11) is 0. The first-order valence-corrected chi connectivity index (χ1v) is 6.26. The third-order valence-electron chi connectivity index (χ3n) is 2.55. The third kappa shape index (κ3) is 5.32. The van der Waals surface area contributed by atoms with Gasteiger partial charge in [-0.1, -0.05) is 19.1 Å². The topological polar surface area (TPSA) is 56.0 Å². The molecule has 0 amide bonds. The first-order chi connectivity index (χ1) is 9.90. The van der Waals surface area contributed by atoms with Gasteiger partial charge in [-0.3, -0.25) is 0 Å². The first-order valence-electron chi connectivity index (χ1n) is 6.26. The molecule has 0 bridgehead atoms. The second-order valence-corrected chi connectivity index (χ2v) is 4.21. The summed E-state index contributed by atoms with van der Waals surface area (Å²) in [5.74, 6) is 0. The largest absolute Gasteiger partial charge is 0.416 e. The maximum Gasteiger partial charge on any atom is 0.416 e. The van der Waals surface area contributed by atoms with Gasteiger partial charge in [0.05, 0.1) is 23.8 Å². The number of anilines is 1. The van der Waals surface area contributed by atoms with E-state index in [1.165, 1.54) is 6.07 Å². The van der Waals surface area contributed by atoms with E-state index in [0.717, 1.165) is 12.2 Å². The molecule has 3 nitrogen and oxygen atoms in total. The Kier molecular flexibility index (Phi) is 6.00. The molecule has 0 aliphatic heterocycles. The number of halogens is 3. The number of hydrogen-bond acceptors (Lipinski definition) is 3. The molecule has 0 saturated heterocycles. The van der Waals surface area contributed by atoms with E-state index in [-0.39, 0.29) is 12.1 Å². The van der Waals surface area contributed by atoms with Crippen LogP contribution in [0.2, 0.25) is 0 Å². The molecule has 112 valence electrons. The third-order valence-corrected chi connectivity index (χ3v) is 2.55. The van der Waals surface area contributed by atoms with Gasteiger partial charge in [0.2, 0.25) is 0 Å². The zero-order valence-corrected chi connectivity index (χ0v) is 11.4. The lowest BCUT2D eigenvalue weighted by Crippen LogP contribution is -2.13. The van der Waals surface area contributed by atoms with Gasteiger partial charge in [0.15, 0.2) is 0 Å². The highest BCUT2D eigenvalue weighted by atomic mass is 19.4. The number of aliphatic hydroxyl groups is 1. The summed E-state index contributed by atoms with van der Waals surface area (Å²) < 4.78 is 38.4. The average Bonchev–Trinajstić information content (AvgIpc) is 2.45. The SMILES string of the molecule is CC/C=C(/C=C(/CO)Nc1cccc(C#N)c1)C(F)(F)F. The Morgan fingerprint density at radius 1 is 1.43 bits per heavy atom. The van der Waals surface area contributed by atoms with Crippen LogP contribution in [0.5, 0.6) is 0 Å². The van der Waals surface area contributed by atoms with Crippen LogP contribution in [-0.4, -0.2) is 17.9 Å². The fourth-order valence-electron chi connectivity index (χ4n) is 1.64. The summed E-state index contributed by atoms with van der Waals surface area (Å²) in [5, 5.41) is 20.7. The average molecular weight is 296 g/mol. The van der Waals surface area contributed by atoms with Crippen molar-refractivity contribution in [2.45, 2.75) is 19.5 Å². The normalized spacial score (nSPS) is 13.0. The Morgan fingerprint density at radius 3 is 2.67 bits per heavy atom. The van der Waals surface area contributed by atoms with Gasteiger partial charge in [-0.05, 0) is 30.7 Å². The zero-order valence-electron chi connectivity index (χ0n) is 11.4. The smallest absolute Gasteiger partial charge is 0.390 e. The molecule has 0 fully saturated rings. The number of rotatable bonds is 5. The van der Waals surface area contributed by atoms with E-state index < -0.39 is 18.4 Å². The standard InChI is InChI=1S/C15H15F3N2O/c1-2-4-12(15(16,17)18)8-14(10-21)20-13-6-3-5-11(7-13)9-19/h3-8,20-21H,2,10H2,1H3/b12-4-,14-8-. The summed E-state index contributed by atoms with van der Waals surface area (Å²) >= 11 is 0. The van der Waals surface area contributed by atoms with Crippen LogP contribution >= 0.6 is 0 Å². The molecule has 0 aliphatic carbocycles. The number of allylic oxidation sites excluding steroid dienone is 3. The maximum atomic E-state index is 12.8. The number of aliphatic hydroxyl groups excluding tert-OH is 1. The number of nitriles is 1. The molecule has 0 spiro atoms. The van der Waals surface area contributed by atoms with Gasteiger partial charge < -0.3 is 10.4 Å². The Labute approximate surface area is 121 Å². The van der Waals surface area contributed by atoms with Crippen molar-refractivity contribution in [3.05, 3.63) is 53.3 Å². The van der Waals surface area contributed by atoms with Crippen molar-refractivity contribution >= 4 is 5.69 Å². The van der Waals surface area contributed by atoms with Crippen LogP contribution in [0.4, 0.5) is 18.9 Å². The molecule has 0 saturated carbocycles. The van der Waals surface area contributed by atoms with E-state index in [0.29, 0.717) is 11.3 Å². The summed E-state index contributed by atoms with van der Waals surface area (Å²) in [4.78, 5) is 0. The molecule has 0 heterocycles. The highest BCUT2D eigenvalue weighted by Gasteiger charge is 2.31. The number of nitrogens with one attached hydrogen (secondary N) is 1. The van der Waals surface area contributed by atoms with Crippen LogP contribution in [0.3, 0.4) is 0 Å². The van der Waals surface area contributed by atoms with Crippen molar-refractivity contribution in [3.8, 4) is 6.07 Å². The molecule has 1 aromatic carbocycles. The lowest BCUT2D eigenvalue weighted by Gasteiger charge is -2.12. The fraction of sp³-hybridized carbons (Fsp3) is 0.267. The molecule has 0 unspecified atom stereocenters. The summed E-state index contributed by atoms with van der Waals surface area (Å²) in [6, 6.07) is 8.19. The molecule has 21 heavy (non-hydrogen) atoms. The summed E-state index contributed by atoms with van der Waals surface area (Å²) in [5.41, 5.74) is -0.00934. The molecule has 0 aromatic heterocycles. The van der Waals surface area contributed by atoms with Gasteiger partial charge in [-0.2, -0.15) is 18.4 Å². The Morgan fingerprint density at radius 2 is 2.14 bits per heavy atom. The number of hydrogen-bond donors (Lipinski definition) is 2. The van der Waals surface area contributed by atoms with E-state index in [9.17, 15) is 18.3 Å². The molecule has 6 heteroatoms. The van der Waals surface area contributed by atoms with Gasteiger partial charge in [0.1, 0.15) is 0 Å². The van der Waals surface area contributed by atoms with E-state index in [4.69, 9.17) is 5.26 Å². The van der Waals surface area contributed by atoms with Crippen molar-refractivity contribution in [2.24, 2.45) is 0 Å². The molecule has 1 rings (SSSR count). The monoisotopic (exact) mass is 296 g/mol. The van der Waals surface area contributed by atoms with Crippen molar-refractivity contribution in [3.63, 3.8) is 0 Å². The first kappa shape index (κ1) is 16.8. The van der Waals surface area contributed by atoms with Crippen LogP contribution in [0.15, 0.2) is 47.7 Å². The van der Waals surface area contributed by atoms with Crippen LogP contribution in [0, 0.1) is 11.3 Å². The molecule has 1 aromatic rings. The lowest BCUT2D eigenvalue weighted by atomic mass is 10.1. The van der Waals surface area contributed by atoms with E-state index >= 15 is 0 Å². The van der Waals surface area contributed by atoms with Gasteiger partial charge in [-0.25, -0.2) is 0 Å². The molecule has 0 radical (unpaired) electrons. The molecule has 0 atom stereocenters. The van der Waals surface area contributed by atoms with Gasteiger partial charge in [-0.15, -0.1) is 0 Å². The van der Waals surface area contributed by atoms with E-state index in [2.05, 4.69) is 5.32 Å². The second-order valence-electron chi connectivity index (χ2n) is 4.21. The molecule has 2 N–H and O–H groups in total. The maximum absolute atomic E-state index is 12.8. The van der Waals surface area contributed by atoms with Crippen LogP contribution in [0.1, 0.15) is 18.9 Å². The van der Waals surface area contributed by atoms with Crippen LogP contribution < -0.4 is 5.32 Å². The Hall–Kier alpha value is -2.26. The van der Waals surface area contributed by atoms with Gasteiger partial charge in [0.25, 0.3) is 0 Å². The minimum atomic E-state index is -4.48. The van der Waals surface area contributed by atoms with Crippen molar-refractivity contribution in [1.29, 1.82) is 5.26 Å². The summed E-state index contributed by atoms with van der Waals surface area (Å²) in [6.45, 7) is 1.02. The van der Waals surface area contributed by atoms with Crippen molar-refractivity contribution in [1.82, 2.24) is 0 Å². The fourth-order valence-corrected chi connectivity index (χ4v) is 1.64. The van der Waals surface area contributed by atoms with Crippen LogP contribution in [-0.2, 0) is 0 Å². The number of benzene rings is 1. The van der Waals surface area contributed by atoms with Crippen molar-refractivity contribution < 1.29 is 18.3 Å². The second kappa shape index (κ2) is 7.50. The van der Waals surface area contributed by atoms with Gasteiger partial charge >= 0.3 is 6.18 Å². The number of nitrogens with zero attached hydrogens (tertiary/aromatic N) is 1. The predicted molar refractivity (Wildman–Crippen MR) is 74.4 cm³/mol. The highest BCUT2D eigenvalue weighted by Crippen LogP contribution is 2.28. The van der Waals surface area contributed by atoms with Gasteiger partial charge in [0, 0.05) is 11.4 Å². The van der Waals surface area contributed by atoms with E-state index in [1.54, 1.807) is 25.1 Å². The quantitative estimate of drug-likeness (QED) is 0.814. The molecular weight excluding hydrogens is 281 g/mol. The lowest BCUT2D eigenvalue weighted by molar-refractivity contribution is -0.0885. The Balaban J connectivity index is 3.04. The molecule has 0 aliphatic rings. The van der Waals surface area contributed by atoms with E-state index in [1.807, 2.05) is 6.07 Å². The highest BCUT2D eigenvalue weighted by molar-refractivity contribution is 5.53. The zero-order chi connectivity index (χ0) is 15.9. The minimum absolute atomic E-state index is 0.00196. The Bertz CT molecular complexity index is 583.